The molecule has 0 fully saturated rings. The summed E-state index contributed by atoms with van der Waals surface area (Å²) in [6, 6.07) is 13.1. The van der Waals surface area contributed by atoms with E-state index in [0.29, 0.717) is 5.56 Å². The predicted octanol–water partition coefficient (Wildman–Crippen LogP) is 4.53. The van der Waals surface area contributed by atoms with Gasteiger partial charge in [0.2, 0.25) is 0 Å². The molecule has 2 aromatic carbocycles. The molecule has 0 aliphatic rings. The van der Waals surface area contributed by atoms with E-state index in [0.717, 1.165) is 10.2 Å². The normalized spacial score (nSPS) is 12.4. The average Bonchev–Trinajstić information content (AvgIpc) is 2.45. The van der Waals surface area contributed by atoms with Crippen molar-refractivity contribution in [3.63, 3.8) is 0 Å². The molecule has 0 aliphatic heterocycles. The Morgan fingerprint density at radius 1 is 1.05 bits per heavy atom. The Morgan fingerprint density at radius 2 is 1.75 bits per heavy atom. The van der Waals surface area contributed by atoms with Crippen molar-refractivity contribution in [1.82, 2.24) is 0 Å². The molecule has 0 bridgehead atoms. The van der Waals surface area contributed by atoms with Crippen LogP contribution in [0.3, 0.4) is 0 Å². The monoisotopic (exact) mass is 341 g/mol. The van der Waals surface area contributed by atoms with E-state index in [2.05, 4.69) is 21.2 Å². The molecule has 5 heteroatoms. The fraction of sp³-hybridized carbons (Fsp3) is 0.200. The third kappa shape index (κ3) is 3.77. The molecule has 0 saturated carbocycles. The fourth-order valence-electron chi connectivity index (χ4n) is 1.93. The minimum absolute atomic E-state index is 0.0445. The maximum atomic E-state index is 12.7. The average molecular weight is 342 g/mol. The molecule has 0 heterocycles. The highest BCUT2D eigenvalue weighted by Crippen LogP contribution is 2.25. The molecular weight excluding hydrogens is 328 g/mol. The van der Waals surface area contributed by atoms with Gasteiger partial charge in [0.05, 0.1) is 12.6 Å². The second-order valence-corrected chi connectivity index (χ2v) is 5.28. The minimum Gasteiger partial charge on any atom is -0.394 e. The van der Waals surface area contributed by atoms with Crippen molar-refractivity contribution in [3.8, 4) is 0 Å². The van der Waals surface area contributed by atoms with Gasteiger partial charge in [-0.1, -0.05) is 40.2 Å². The van der Waals surface area contributed by atoms with Crippen LogP contribution in [0.4, 0.5) is 14.5 Å². The lowest BCUT2D eigenvalue weighted by atomic mass is 10.0. The molecule has 2 nitrogen and oxygen atoms in total. The smallest absolute Gasteiger partial charge is 0.263 e. The number of rotatable bonds is 5. The molecule has 2 N–H and O–H groups in total. The lowest BCUT2D eigenvalue weighted by molar-refractivity contribution is 0.151. The van der Waals surface area contributed by atoms with Gasteiger partial charge in [0, 0.05) is 15.7 Å². The van der Waals surface area contributed by atoms with E-state index < -0.39 is 12.5 Å². The molecule has 0 saturated heterocycles. The number of hydrogen-bond donors (Lipinski definition) is 2. The van der Waals surface area contributed by atoms with Gasteiger partial charge in [-0.2, -0.15) is 0 Å². The summed E-state index contributed by atoms with van der Waals surface area (Å²) >= 11 is 3.36. The summed E-state index contributed by atoms with van der Waals surface area (Å²) in [5.41, 5.74) is 1.39. The summed E-state index contributed by atoms with van der Waals surface area (Å²) in [5.74, 6) is 0. The first kappa shape index (κ1) is 14.9. The van der Waals surface area contributed by atoms with Crippen LogP contribution in [-0.4, -0.2) is 11.7 Å². The van der Waals surface area contributed by atoms with Crippen LogP contribution in [-0.2, 0) is 0 Å². The topological polar surface area (TPSA) is 32.3 Å². The number of aliphatic hydroxyl groups is 1. The molecule has 1 atom stereocenters. The second kappa shape index (κ2) is 6.81. The third-order valence-electron chi connectivity index (χ3n) is 2.91. The van der Waals surface area contributed by atoms with Gasteiger partial charge in [-0.15, -0.1) is 0 Å². The zero-order valence-corrected chi connectivity index (χ0v) is 12.1. The summed E-state index contributed by atoms with van der Waals surface area (Å²) in [7, 11) is 0. The fourth-order valence-corrected chi connectivity index (χ4v) is 2.32. The van der Waals surface area contributed by atoms with Gasteiger partial charge in [0.1, 0.15) is 0 Å². The molecule has 0 spiro atoms. The first-order chi connectivity index (χ1) is 9.60. The third-order valence-corrected chi connectivity index (χ3v) is 3.41. The number of benzene rings is 2. The van der Waals surface area contributed by atoms with Crippen LogP contribution in [0.5, 0.6) is 0 Å². The molecule has 1 unspecified atom stereocenters. The SMILES string of the molecule is OCC(Nc1cccc(Br)c1)c1cccc(C(F)F)c1. The maximum absolute atomic E-state index is 12.7. The van der Waals surface area contributed by atoms with Gasteiger partial charge in [0.15, 0.2) is 0 Å². The minimum atomic E-state index is -2.51. The number of anilines is 1. The van der Waals surface area contributed by atoms with E-state index in [-0.39, 0.29) is 12.2 Å². The van der Waals surface area contributed by atoms with Crippen LogP contribution >= 0.6 is 15.9 Å². The molecule has 0 aliphatic carbocycles. The van der Waals surface area contributed by atoms with Crippen molar-refractivity contribution in [2.75, 3.05) is 11.9 Å². The van der Waals surface area contributed by atoms with Crippen LogP contribution in [0.1, 0.15) is 23.6 Å². The Kier molecular flexibility index (Phi) is 5.09. The van der Waals surface area contributed by atoms with Crippen LogP contribution in [0.25, 0.3) is 0 Å². The zero-order chi connectivity index (χ0) is 14.5. The number of nitrogens with one attached hydrogen (secondary N) is 1. The Morgan fingerprint density at radius 3 is 2.40 bits per heavy atom. The summed E-state index contributed by atoms with van der Waals surface area (Å²) < 4.78 is 26.3. The maximum Gasteiger partial charge on any atom is 0.263 e. The standard InChI is InChI=1S/C15H14BrF2NO/c16-12-5-2-6-13(8-12)19-14(9-20)10-3-1-4-11(7-10)15(17)18/h1-8,14-15,19-20H,9H2. The van der Waals surface area contributed by atoms with Crippen molar-refractivity contribution >= 4 is 21.6 Å². The van der Waals surface area contributed by atoms with Crippen LogP contribution < -0.4 is 5.32 Å². The van der Waals surface area contributed by atoms with Crippen molar-refractivity contribution in [2.45, 2.75) is 12.5 Å². The number of aliphatic hydroxyl groups excluding tert-OH is 1. The molecule has 2 rings (SSSR count). The number of alkyl halides is 2. The van der Waals surface area contributed by atoms with Crippen molar-refractivity contribution < 1.29 is 13.9 Å². The predicted molar refractivity (Wildman–Crippen MR) is 79.0 cm³/mol. The van der Waals surface area contributed by atoms with E-state index >= 15 is 0 Å². The molecule has 20 heavy (non-hydrogen) atoms. The van der Waals surface area contributed by atoms with Crippen LogP contribution in [0.15, 0.2) is 53.0 Å². The van der Waals surface area contributed by atoms with Gasteiger partial charge in [-0.05, 0) is 29.8 Å². The number of hydrogen-bond acceptors (Lipinski definition) is 2. The van der Waals surface area contributed by atoms with E-state index in [1.165, 1.54) is 12.1 Å². The lowest BCUT2D eigenvalue weighted by Gasteiger charge is -2.19. The van der Waals surface area contributed by atoms with E-state index in [9.17, 15) is 13.9 Å². The summed E-state index contributed by atoms with van der Waals surface area (Å²) in [5, 5.41) is 12.6. The van der Waals surface area contributed by atoms with Crippen LogP contribution in [0, 0.1) is 0 Å². The summed E-state index contributed by atoms with van der Waals surface area (Å²) in [6.07, 6.45) is -2.51. The van der Waals surface area contributed by atoms with E-state index in [1.54, 1.807) is 12.1 Å². The Hall–Kier alpha value is -1.46. The van der Waals surface area contributed by atoms with E-state index in [1.807, 2.05) is 24.3 Å². The van der Waals surface area contributed by atoms with Gasteiger partial charge >= 0.3 is 0 Å². The van der Waals surface area contributed by atoms with Crippen molar-refractivity contribution in [3.05, 3.63) is 64.1 Å². The first-order valence-corrected chi connectivity index (χ1v) is 6.90. The van der Waals surface area contributed by atoms with E-state index in [4.69, 9.17) is 0 Å². The molecular formula is C15H14BrF2NO. The second-order valence-electron chi connectivity index (χ2n) is 4.36. The summed E-state index contributed by atoms with van der Waals surface area (Å²) in [6.45, 7) is -0.181. The van der Waals surface area contributed by atoms with Crippen molar-refractivity contribution in [2.24, 2.45) is 0 Å². The number of halogens is 3. The summed E-state index contributed by atoms with van der Waals surface area (Å²) in [4.78, 5) is 0. The molecule has 0 aromatic heterocycles. The Bertz CT molecular complexity index is 577. The van der Waals surface area contributed by atoms with Gasteiger partial charge in [0.25, 0.3) is 6.43 Å². The zero-order valence-electron chi connectivity index (χ0n) is 10.6. The lowest BCUT2D eigenvalue weighted by Crippen LogP contribution is -2.15. The highest BCUT2D eigenvalue weighted by atomic mass is 79.9. The van der Waals surface area contributed by atoms with Crippen molar-refractivity contribution in [1.29, 1.82) is 0 Å². The van der Waals surface area contributed by atoms with Gasteiger partial charge in [-0.3, -0.25) is 0 Å². The van der Waals surface area contributed by atoms with Gasteiger partial charge < -0.3 is 10.4 Å². The first-order valence-electron chi connectivity index (χ1n) is 6.11. The highest BCUT2D eigenvalue weighted by molar-refractivity contribution is 9.10. The van der Waals surface area contributed by atoms with Crippen LogP contribution in [0.2, 0.25) is 0 Å². The molecule has 2 aromatic rings. The highest BCUT2D eigenvalue weighted by Gasteiger charge is 2.13. The quantitative estimate of drug-likeness (QED) is 0.837. The Labute approximate surface area is 124 Å². The van der Waals surface area contributed by atoms with Gasteiger partial charge in [-0.25, -0.2) is 8.78 Å². The molecule has 0 radical (unpaired) electrons. The molecule has 106 valence electrons. The largest absolute Gasteiger partial charge is 0.394 e. The molecule has 0 amide bonds. The Balaban J connectivity index is 2.22.